The van der Waals surface area contributed by atoms with Gasteiger partial charge in [0.2, 0.25) is 5.95 Å². The number of benzene rings is 2. The molecule has 0 radical (unpaired) electrons. The molecule has 0 aliphatic heterocycles. The Labute approximate surface area is 157 Å². The van der Waals surface area contributed by atoms with Crippen molar-refractivity contribution >= 4 is 34.7 Å². The van der Waals surface area contributed by atoms with Crippen LogP contribution in [0.15, 0.2) is 48.7 Å². The van der Waals surface area contributed by atoms with Crippen LogP contribution in [0.2, 0.25) is 5.02 Å². The number of rotatable bonds is 5. The van der Waals surface area contributed by atoms with Crippen LogP contribution >= 0.6 is 11.6 Å². The number of ether oxygens (including phenoxy) is 1. The minimum Gasteiger partial charge on any atom is -0.497 e. The first-order chi connectivity index (χ1) is 12.8. The molecule has 0 amide bonds. The summed E-state index contributed by atoms with van der Waals surface area (Å²) in [6.07, 6.45) is -3.26. The molecule has 3 rings (SSSR count). The van der Waals surface area contributed by atoms with Crippen LogP contribution in [-0.4, -0.2) is 22.3 Å². The van der Waals surface area contributed by atoms with Crippen LogP contribution in [-0.2, 0) is 6.18 Å². The SMILES string of the molecule is COc1ccc(Nc2nncc(Nc3ccc(Cl)c(C(F)(F)F)c3)n2)cc1. The van der Waals surface area contributed by atoms with Gasteiger partial charge in [0.05, 0.1) is 23.9 Å². The molecule has 0 saturated carbocycles. The molecule has 10 heteroatoms. The molecule has 0 saturated heterocycles. The van der Waals surface area contributed by atoms with Crippen LogP contribution in [0.1, 0.15) is 5.56 Å². The van der Waals surface area contributed by atoms with Gasteiger partial charge in [-0.3, -0.25) is 0 Å². The molecule has 140 valence electrons. The Kier molecular flexibility index (Phi) is 5.31. The van der Waals surface area contributed by atoms with Gasteiger partial charge in [0.1, 0.15) is 5.75 Å². The number of nitrogens with one attached hydrogen (secondary N) is 2. The number of alkyl halides is 3. The molecule has 2 aromatic carbocycles. The first-order valence-electron chi connectivity index (χ1n) is 7.60. The monoisotopic (exact) mass is 395 g/mol. The van der Waals surface area contributed by atoms with Crippen LogP contribution in [0.3, 0.4) is 0 Å². The number of anilines is 4. The Morgan fingerprint density at radius 2 is 1.70 bits per heavy atom. The zero-order valence-electron chi connectivity index (χ0n) is 13.9. The van der Waals surface area contributed by atoms with Crippen LogP contribution in [0.5, 0.6) is 5.75 Å². The molecule has 0 aliphatic carbocycles. The van der Waals surface area contributed by atoms with Gasteiger partial charge < -0.3 is 15.4 Å². The third-order valence-electron chi connectivity index (χ3n) is 3.45. The standard InChI is InChI=1S/C17H13ClF3N5O/c1-27-12-5-2-10(3-6-12)24-16-25-15(9-22-26-16)23-11-4-7-14(18)13(8-11)17(19,20)21/h2-9H,1H3,(H2,23,24,25,26). The van der Waals surface area contributed by atoms with Crippen LogP contribution in [0, 0.1) is 0 Å². The Hall–Kier alpha value is -3.07. The minimum atomic E-state index is -4.56. The highest BCUT2D eigenvalue weighted by molar-refractivity contribution is 6.31. The Balaban J connectivity index is 1.77. The molecular formula is C17H13ClF3N5O. The highest BCUT2D eigenvalue weighted by Crippen LogP contribution is 2.36. The summed E-state index contributed by atoms with van der Waals surface area (Å²) in [6.45, 7) is 0. The molecule has 0 spiro atoms. The minimum absolute atomic E-state index is 0.169. The molecule has 0 aliphatic rings. The van der Waals surface area contributed by atoms with E-state index in [9.17, 15) is 13.2 Å². The van der Waals surface area contributed by atoms with Gasteiger partial charge in [0.25, 0.3) is 0 Å². The molecule has 1 heterocycles. The second kappa shape index (κ2) is 7.67. The maximum atomic E-state index is 13.0. The van der Waals surface area contributed by atoms with Crippen LogP contribution in [0.4, 0.5) is 36.3 Å². The van der Waals surface area contributed by atoms with E-state index in [-0.39, 0.29) is 22.5 Å². The van der Waals surface area contributed by atoms with Gasteiger partial charge in [0.15, 0.2) is 5.82 Å². The Morgan fingerprint density at radius 3 is 2.37 bits per heavy atom. The summed E-state index contributed by atoms with van der Waals surface area (Å²) in [5.74, 6) is 1.09. The molecule has 1 aromatic heterocycles. The molecule has 27 heavy (non-hydrogen) atoms. The predicted molar refractivity (Wildman–Crippen MR) is 95.8 cm³/mol. The van der Waals surface area contributed by atoms with Crippen molar-refractivity contribution in [2.75, 3.05) is 17.7 Å². The van der Waals surface area contributed by atoms with Gasteiger partial charge in [0, 0.05) is 11.4 Å². The fourth-order valence-electron chi connectivity index (χ4n) is 2.19. The van der Waals surface area contributed by atoms with Crippen LogP contribution < -0.4 is 15.4 Å². The van der Waals surface area contributed by atoms with Crippen molar-refractivity contribution in [2.45, 2.75) is 6.18 Å². The fraction of sp³-hybridized carbons (Fsp3) is 0.118. The fourth-order valence-corrected chi connectivity index (χ4v) is 2.41. The van der Waals surface area contributed by atoms with E-state index < -0.39 is 11.7 Å². The highest BCUT2D eigenvalue weighted by atomic mass is 35.5. The van der Waals surface area contributed by atoms with Crippen molar-refractivity contribution in [3.63, 3.8) is 0 Å². The van der Waals surface area contributed by atoms with Gasteiger partial charge in [-0.25, -0.2) is 0 Å². The molecule has 3 aromatic rings. The largest absolute Gasteiger partial charge is 0.497 e. The summed E-state index contributed by atoms with van der Waals surface area (Å²) in [4.78, 5) is 4.18. The van der Waals surface area contributed by atoms with E-state index in [0.717, 1.165) is 12.1 Å². The zero-order chi connectivity index (χ0) is 19.4. The lowest BCUT2D eigenvalue weighted by molar-refractivity contribution is -0.137. The maximum absolute atomic E-state index is 13.0. The lowest BCUT2D eigenvalue weighted by Gasteiger charge is -2.12. The summed E-state index contributed by atoms with van der Waals surface area (Å²) in [5.41, 5.74) is -0.0732. The average molecular weight is 396 g/mol. The summed E-state index contributed by atoms with van der Waals surface area (Å²) < 4.78 is 44.0. The molecule has 6 nitrogen and oxygen atoms in total. The summed E-state index contributed by atoms with van der Waals surface area (Å²) >= 11 is 5.62. The van der Waals surface area contributed by atoms with Gasteiger partial charge in [-0.05, 0) is 42.5 Å². The summed E-state index contributed by atoms with van der Waals surface area (Å²) in [6, 6.07) is 10.5. The molecule has 0 fully saturated rings. The number of aromatic nitrogens is 3. The van der Waals surface area contributed by atoms with Crippen LogP contribution in [0.25, 0.3) is 0 Å². The van der Waals surface area contributed by atoms with Gasteiger partial charge >= 0.3 is 6.18 Å². The van der Waals surface area contributed by atoms with E-state index in [4.69, 9.17) is 16.3 Å². The van der Waals surface area contributed by atoms with Crippen molar-refractivity contribution in [1.82, 2.24) is 15.2 Å². The normalized spacial score (nSPS) is 11.1. The lowest BCUT2D eigenvalue weighted by Crippen LogP contribution is -2.07. The van der Waals surface area contributed by atoms with E-state index in [1.54, 1.807) is 31.4 Å². The Morgan fingerprint density at radius 1 is 1.00 bits per heavy atom. The van der Waals surface area contributed by atoms with E-state index in [0.29, 0.717) is 11.4 Å². The number of hydrogen-bond donors (Lipinski definition) is 2. The topological polar surface area (TPSA) is 72.0 Å². The van der Waals surface area contributed by atoms with Gasteiger partial charge in [-0.2, -0.15) is 23.3 Å². The van der Waals surface area contributed by atoms with Crippen molar-refractivity contribution in [3.05, 3.63) is 59.2 Å². The first-order valence-corrected chi connectivity index (χ1v) is 7.97. The molecule has 2 N–H and O–H groups in total. The zero-order valence-corrected chi connectivity index (χ0v) is 14.6. The van der Waals surface area contributed by atoms with Gasteiger partial charge in [-0.15, -0.1) is 5.10 Å². The average Bonchev–Trinajstić information content (AvgIpc) is 2.63. The van der Waals surface area contributed by atoms with Crippen molar-refractivity contribution in [1.29, 1.82) is 0 Å². The second-order valence-electron chi connectivity index (χ2n) is 5.34. The van der Waals surface area contributed by atoms with Gasteiger partial charge in [-0.1, -0.05) is 11.6 Å². The summed E-state index contributed by atoms with van der Waals surface area (Å²) in [7, 11) is 1.56. The van der Waals surface area contributed by atoms with E-state index in [1.165, 1.54) is 12.3 Å². The number of nitrogens with zero attached hydrogens (tertiary/aromatic N) is 3. The maximum Gasteiger partial charge on any atom is 0.417 e. The summed E-state index contributed by atoms with van der Waals surface area (Å²) in [5, 5.41) is 13.0. The van der Waals surface area contributed by atoms with Crippen molar-refractivity contribution in [3.8, 4) is 5.75 Å². The van der Waals surface area contributed by atoms with Crippen molar-refractivity contribution in [2.24, 2.45) is 0 Å². The molecular weight excluding hydrogens is 383 g/mol. The number of hydrogen-bond acceptors (Lipinski definition) is 6. The van der Waals surface area contributed by atoms with Crippen molar-refractivity contribution < 1.29 is 17.9 Å². The molecule has 0 bridgehead atoms. The highest BCUT2D eigenvalue weighted by Gasteiger charge is 2.33. The first kappa shape index (κ1) is 18.7. The van der Waals surface area contributed by atoms with E-state index >= 15 is 0 Å². The third-order valence-corrected chi connectivity index (χ3v) is 3.78. The number of halogens is 4. The van der Waals surface area contributed by atoms with E-state index in [2.05, 4.69) is 25.8 Å². The van der Waals surface area contributed by atoms with E-state index in [1.807, 2.05) is 0 Å². The quantitative estimate of drug-likeness (QED) is 0.630. The lowest BCUT2D eigenvalue weighted by atomic mass is 10.2. The molecule has 0 atom stereocenters. The second-order valence-corrected chi connectivity index (χ2v) is 5.74. The predicted octanol–water partition coefficient (Wildman–Crippen LogP) is 5.04. The third kappa shape index (κ3) is 4.76. The number of methoxy groups -OCH3 is 1. The molecule has 0 unspecified atom stereocenters. The smallest absolute Gasteiger partial charge is 0.417 e. The Bertz CT molecular complexity index is 935.